The van der Waals surface area contributed by atoms with Crippen molar-refractivity contribution in [2.45, 2.75) is 100 Å². The normalized spacial score (nSPS) is 12.4. The summed E-state index contributed by atoms with van der Waals surface area (Å²) in [6, 6.07) is 13.1. The molecule has 0 saturated heterocycles. The molecule has 1 unspecified atom stereocenters. The number of benzene rings is 2. The van der Waals surface area contributed by atoms with Gasteiger partial charge in [0.2, 0.25) is 6.43 Å². The van der Waals surface area contributed by atoms with Gasteiger partial charge >= 0.3 is 0 Å². The van der Waals surface area contributed by atoms with Gasteiger partial charge in [0.25, 0.3) is 0 Å². The Kier molecular flexibility index (Phi) is 15.4. The SMILES string of the molecule is C=C(C)C(N=C(N)CC)(c1ccc(C)c(C#CCC(C)C)c1)c1ccc(C)c(CC)c1.CC.CC(F)F. The van der Waals surface area contributed by atoms with Crippen molar-refractivity contribution >= 4 is 5.84 Å². The zero-order chi connectivity index (χ0) is 28.8. The lowest BCUT2D eigenvalue weighted by molar-refractivity contribution is 0.171. The van der Waals surface area contributed by atoms with Gasteiger partial charge in [-0.2, -0.15) is 0 Å². The number of rotatable bonds is 7. The van der Waals surface area contributed by atoms with Crippen LogP contribution >= 0.6 is 0 Å². The fourth-order valence-electron chi connectivity index (χ4n) is 3.79. The molecule has 37 heavy (non-hydrogen) atoms. The highest BCUT2D eigenvalue weighted by molar-refractivity contribution is 5.81. The topological polar surface area (TPSA) is 38.4 Å². The molecule has 2 aromatic carbocycles. The summed E-state index contributed by atoms with van der Waals surface area (Å²) in [7, 11) is 0. The number of hydrogen-bond donors (Lipinski definition) is 1. The first kappa shape index (κ1) is 34.1. The Balaban J connectivity index is 0.00000196. The third-order valence-electron chi connectivity index (χ3n) is 5.83. The van der Waals surface area contributed by atoms with E-state index in [9.17, 15) is 8.78 Å². The molecule has 0 saturated carbocycles. The van der Waals surface area contributed by atoms with Gasteiger partial charge in [-0.3, -0.25) is 4.99 Å². The number of aliphatic imine (C=N–C) groups is 1. The molecule has 0 amide bonds. The number of amidine groups is 1. The minimum Gasteiger partial charge on any atom is -0.387 e. The van der Waals surface area contributed by atoms with Crippen LogP contribution < -0.4 is 5.73 Å². The molecule has 0 aliphatic carbocycles. The smallest absolute Gasteiger partial charge is 0.235 e. The number of alkyl halides is 2. The Morgan fingerprint density at radius 3 is 1.97 bits per heavy atom. The summed E-state index contributed by atoms with van der Waals surface area (Å²) < 4.78 is 20.7. The summed E-state index contributed by atoms with van der Waals surface area (Å²) in [5, 5.41) is 0. The Morgan fingerprint density at radius 2 is 1.51 bits per heavy atom. The molecule has 2 rings (SSSR count). The van der Waals surface area contributed by atoms with Crippen LogP contribution in [-0.2, 0) is 12.0 Å². The average Bonchev–Trinajstić information content (AvgIpc) is 2.84. The Labute approximate surface area is 225 Å². The van der Waals surface area contributed by atoms with E-state index in [0.29, 0.717) is 18.2 Å². The minimum atomic E-state index is -2.17. The first-order chi connectivity index (χ1) is 17.4. The summed E-state index contributed by atoms with van der Waals surface area (Å²) in [5.41, 5.74) is 13.5. The van der Waals surface area contributed by atoms with E-state index in [-0.39, 0.29) is 0 Å². The lowest BCUT2D eigenvalue weighted by Gasteiger charge is -2.33. The van der Waals surface area contributed by atoms with Crippen molar-refractivity contribution in [3.8, 4) is 11.8 Å². The third kappa shape index (κ3) is 10.2. The monoisotopic (exact) mass is 510 g/mol. The molecule has 2 N–H and O–H groups in total. The molecule has 0 heterocycles. The Hall–Kier alpha value is -2.93. The summed E-state index contributed by atoms with van der Waals surface area (Å²) in [4.78, 5) is 5.10. The molecule has 0 aliphatic heterocycles. The number of halogens is 2. The van der Waals surface area contributed by atoms with E-state index in [0.717, 1.165) is 42.0 Å². The summed E-state index contributed by atoms with van der Waals surface area (Å²) >= 11 is 0. The largest absolute Gasteiger partial charge is 0.387 e. The zero-order valence-electron chi connectivity index (χ0n) is 24.7. The second-order valence-electron chi connectivity index (χ2n) is 9.39. The van der Waals surface area contributed by atoms with Gasteiger partial charge in [-0.1, -0.05) is 90.3 Å². The first-order valence-corrected chi connectivity index (χ1v) is 13.4. The molecule has 0 aromatic heterocycles. The standard InChI is InChI=1S/C29H38N2.C2H4F2.C2H6/c1-9-24-18-26(16-14-22(24)7)29(21(5)6,31-28(30)10-2)27-17-15-23(8)25(19-27)13-11-12-20(3)4;1-2(3)4;1-2/h14-20H,5,9-10,12H2,1-4,6-8H3,(H2,30,31);2H,1H3;1-2H3. The maximum Gasteiger partial charge on any atom is 0.235 e. The third-order valence-corrected chi connectivity index (χ3v) is 5.83. The van der Waals surface area contributed by atoms with Gasteiger partial charge in [-0.05, 0) is 79.5 Å². The maximum absolute atomic E-state index is 10.3. The van der Waals surface area contributed by atoms with Crippen molar-refractivity contribution < 1.29 is 8.78 Å². The van der Waals surface area contributed by atoms with E-state index < -0.39 is 12.0 Å². The van der Waals surface area contributed by atoms with Crippen LogP contribution in [0.2, 0.25) is 0 Å². The number of aryl methyl sites for hydroxylation is 3. The average molecular weight is 511 g/mol. The number of nitrogens with zero attached hydrogens (tertiary/aromatic N) is 1. The summed E-state index contributed by atoms with van der Waals surface area (Å²) in [5.74, 6) is 7.90. The number of hydrogen-bond acceptors (Lipinski definition) is 1. The molecule has 0 spiro atoms. The lowest BCUT2D eigenvalue weighted by Crippen LogP contribution is -2.30. The van der Waals surface area contributed by atoms with Crippen molar-refractivity contribution in [1.29, 1.82) is 0 Å². The van der Waals surface area contributed by atoms with Gasteiger partial charge < -0.3 is 5.73 Å². The molecule has 204 valence electrons. The highest BCUT2D eigenvalue weighted by Gasteiger charge is 2.36. The minimum absolute atomic E-state index is 0.555. The molecular formula is C33H48F2N2. The van der Waals surface area contributed by atoms with Crippen molar-refractivity contribution in [2.24, 2.45) is 16.6 Å². The van der Waals surface area contributed by atoms with Gasteiger partial charge in [-0.15, -0.1) is 0 Å². The quantitative estimate of drug-likeness (QED) is 0.171. The zero-order valence-corrected chi connectivity index (χ0v) is 24.7. The lowest BCUT2D eigenvalue weighted by atomic mass is 9.76. The van der Waals surface area contributed by atoms with E-state index in [1.165, 1.54) is 16.7 Å². The van der Waals surface area contributed by atoms with Crippen molar-refractivity contribution in [3.05, 3.63) is 81.9 Å². The number of nitrogens with two attached hydrogens (primary N) is 1. The van der Waals surface area contributed by atoms with E-state index in [2.05, 4.69) is 89.4 Å². The molecular weight excluding hydrogens is 462 g/mol. The first-order valence-electron chi connectivity index (χ1n) is 13.4. The molecule has 2 nitrogen and oxygen atoms in total. The molecule has 4 heteroatoms. The Bertz CT molecular complexity index is 1080. The van der Waals surface area contributed by atoms with Gasteiger partial charge in [0.05, 0.1) is 5.84 Å². The molecule has 0 aliphatic rings. The van der Waals surface area contributed by atoms with Gasteiger partial charge in [0.1, 0.15) is 5.54 Å². The van der Waals surface area contributed by atoms with Crippen LogP contribution in [-0.4, -0.2) is 12.3 Å². The highest BCUT2D eigenvalue weighted by atomic mass is 19.3. The Morgan fingerprint density at radius 1 is 1.00 bits per heavy atom. The van der Waals surface area contributed by atoms with Crippen LogP contribution in [0.4, 0.5) is 8.78 Å². The summed E-state index contributed by atoms with van der Waals surface area (Å²) in [6.07, 6.45) is 0.376. The van der Waals surface area contributed by atoms with Gasteiger partial charge in [-0.25, -0.2) is 8.78 Å². The maximum atomic E-state index is 10.3. The van der Waals surface area contributed by atoms with E-state index in [4.69, 9.17) is 10.7 Å². The van der Waals surface area contributed by atoms with Crippen molar-refractivity contribution in [1.82, 2.24) is 0 Å². The van der Waals surface area contributed by atoms with Gasteiger partial charge in [0.15, 0.2) is 0 Å². The summed E-state index contributed by atoms with van der Waals surface area (Å²) in [6.45, 7) is 24.1. The fourth-order valence-corrected chi connectivity index (χ4v) is 3.79. The van der Waals surface area contributed by atoms with Crippen molar-refractivity contribution in [2.75, 3.05) is 0 Å². The van der Waals surface area contributed by atoms with Crippen LogP contribution in [0.15, 0.2) is 53.5 Å². The van der Waals surface area contributed by atoms with Gasteiger partial charge in [0, 0.05) is 18.4 Å². The van der Waals surface area contributed by atoms with E-state index >= 15 is 0 Å². The second kappa shape index (κ2) is 16.7. The fraction of sp³-hybridized carbons (Fsp3) is 0.485. The molecule has 1 atom stereocenters. The predicted molar refractivity (Wildman–Crippen MR) is 159 cm³/mol. The van der Waals surface area contributed by atoms with Crippen LogP contribution in [0, 0.1) is 31.6 Å². The molecule has 0 bridgehead atoms. The highest BCUT2D eigenvalue weighted by Crippen LogP contribution is 2.41. The van der Waals surface area contributed by atoms with Crippen LogP contribution in [0.1, 0.15) is 102 Å². The van der Waals surface area contributed by atoms with E-state index in [1.807, 2.05) is 27.7 Å². The van der Waals surface area contributed by atoms with E-state index in [1.54, 1.807) is 0 Å². The van der Waals surface area contributed by atoms with Crippen LogP contribution in [0.3, 0.4) is 0 Å². The molecule has 0 radical (unpaired) electrons. The molecule has 2 aromatic rings. The van der Waals surface area contributed by atoms with Crippen molar-refractivity contribution in [3.63, 3.8) is 0 Å². The second-order valence-corrected chi connectivity index (χ2v) is 9.39. The van der Waals surface area contributed by atoms with Crippen LogP contribution in [0.25, 0.3) is 0 Å². The predicted octanol–water partition coefficient (Wildman–Crippen LogP) is 9.15. The molecule has 0 fully saturated rings. The van der Waals surface area contributed by atoms with Crippen LogP contribution in [0.5, 0.6) is 0 Å².